The molecule has 0 atom stereocenters. The second-order valence-electron chi connectivity index (χ2n) is 4.48. The zero-order chi connectivity index (χ0) is 16.5. The van der Waals surface area contributed by atoms with Crippen LogP contribution < -0.4 is 5.14 Å². The van der Waals surface area contributed by atoms with E-state index in [1.807, 2.05) is 0 Å². The van der Waals surface area contributed by atoms with Gasteiger partial charge >= 0.3 is 0 Å². The molecule has 0 saturated carbocycles. The van der Waals surface area contributed by atoms with Gasteiger partial charge in [0.1, 0.15) is 9.84 Å². The van der Waals surface area contributed by atoms with Crippen LogP contribution in [0.4, 0.5) is 0 Å². The number of benzene rings is 1. The van der Waals surface area contributed by atoms with E-state index in [9.17, 15) is 25.3 Å². The van der Waals surface area contributed by atoms with E-state index in [1.165, 1.54) is 25.2 Å². The monoisotopic (exact) mass is 356 g/mol. The summed E-state index contributed by atoms with van der Waals surface area (Å²) in [7, 11) is -10.1. The van der Waals surface area contributed by atoms with E-state index in [0.29, 0.717) is 0 Å². The Morgan fingerprint density at radius 1 is 1.05 bits per heavy atom. The SMILES string of the molecule is CN(CCS(C)(=O)=O)S(=O)(=O)c1cccc(S(N)(=O)=O)c1. The van der Waals surface area contributed by atoms with Crippen molar-refractivity contribution in [1.29, 1.82) is 0 Å². The number of hydrogen-bond acceptors (Lipinski definition) is 6. The topological polar surface area (TPSA) is 132 Å². The molecule has 0 saturated heterocycles. The third-order valence-electron chi connectivity index (χ3n) is 2.62. The van der Waals surface area contributed by atoms with E-state index in [-0.39, 0.29) is 22.1 Å². The molecule has 0 aromatic heterocycles. The first kappa shape index (κ1) is 18.0. The van der Waals surface area contributed by atoms with Crippen molar-refractivity contribution in [1.82, 2.24) is 4.31 Å². The molecule has 1 rings (SSSR count). The van der Waals surface area contributed by atoms with Gasteiger partial charge in [-0.3, -0.25) is 0 Å². The Morgan fingerprint density at radius 3 is 2.05 bits per heavy atom. The average Bonchev–Trinajstić information content (AvgIpc) is 2.34. The lowest BCUT2D eigenvalue weighted by molar-refractivity contribution is 0.484. The van der Waals surface area contributed by atoms with Crippen LogP contribution in [-0.4, -0.2) is 55.2 Å². The van der Waals surface area contributed by atoms with Crippen LogP contribution in [0.15, 0.2) is 34.1 Å². The number of sulfonamides is 2. The lowest BCUT2D eigenvalue weighted by atomic mass is 10.4. The predicted octanol–water partition coefficient (Wildman–Crippen LogP) is -1.00. The van der Waals surface area contributed by atoms with Gasteiger partial charge < -0.3 is 0 Å². The van der Waals surface area contributed by atoms with E-state index in [0.717, 1.165) is 16.6 Å². The second kappa shape index (κ2) is 6.01. The third kappa shape index (κ3) is 5.04. The van der Waals surface area contributed by atoms with Gasteiger partial charge in [-0.1, -0.05) is 6.07 Å². The fraction of sp³-hybridized carbons (Fsp3) is 0.400. The Balaban J connectivity index is 3.14. The van der Waals surface area contributed by atoms with E-state index in [2.05, 4.69) is 0 Å². The predicted molar refractivity (Wildman–Crippen MR) is 77.3 cm³/mol. The van der Waals surface area contributed by atoms with E-state index >= 15 is 0 Å². The van der Waals surface area contributed by atoms with E-state index < -0.39 is 29.9 Å². The Labute approximate surface area is 124 Å². The number of rotatable bonds is 6. The van der Waals surface area contributed by atoms with Gasteiger partial charge in [-0.15, -0.1) is 0 Å². The largest absolute Gasteiger partial charge is 0.242 e. The van der Waals surface area contributed by atoms with Gasteiger partial charge in [0.2, 0.25) is 20.0 Å². The Hall–Kier alpha value is -1.01. The molecule has 1 aromatic rings. The fourth-order valence-electron chi connectivity index (χ4n) is 1.41. The number of nitrogens with two attached hydrogens (primary N) is 1. The minimum Gasteiger partial charge on any atom is -0.229 e. The molecule has 21 heavy (non-hydrogen) atoms. The number of hydrogen-bond donors (Lipinski definition) is 1. The Bertz CT molecular complexity index is 827. The molecule has 0 aliphatic heterocycles. The van der Waals surface area contributed by atoms with Crippen LogP contribution in [0.1, 0.15) is 0 Å². The van der Waals surface area contributed by atoms with Crippen molar-refractivity contribution in [3.05, 3.63) is 24.3 Å². The van der Waals surface area contributed by atoms with Crippen molar-refractivity contribution in [3.8, 4) is 0 Å². The first-order chi connectivity index (χ1) is 9.34. The molecule has 120 valence electrons. The van der Waals surface area contributed by atoms with Crippen LogP contribution in [0.2, 0.25) is 0 Å². The first-order valence-corrected chi connectivity index (χ1v) is 10.7. The van der Waals surface area contributed by atoms with Crippen molar-refractivity contribution in [3.63, 3.8) is 0 Å². The Kier molecular flexibility index (Phi) is 5.16. The molecule has 0 spiro atoms. The minimum absolute atomic E-state index is 0.235. The molecule has 0 fully saturated rings. The maximum atomic E-state index is 12.2. The fourth-order valence-corrected chi connectivity index (χ4v) is 3.98. The summed E-state index contributed by atoms with van der Waals surface area (Å²) in [5.41, 5.74) is 0. The molecule has 2 N–H and O–H groups in total. The summed E-state index contributed by atoms with van der Waals surface area (Å²) < 4.78 is 69.9. The summed E-state index contributed by atoms with van der Waals surface area (Å²) in [4.78, 5) is -0.606. The lowest BCUT2D eigenvalue weighted by Gasteiger charge is -2.17. The van der Waals surface area contributed by atoms with Gasteiger partial charge in [-0.05, 0) is 18.2 Å². The van der Waals surface area contributed by atoms with Crippen molar-refractivity contribution in [2.75, 3.05) is 25.6 Å². The molecule has 11 heteroatoms. The zero-order valence-corrected chi connectivity index (χ0v) is 13.9. The summed E-state index contributed by atoms with van der Waals surface area (Å²) >= 11 is 0. The molecular formula is C10H16N2O6S3. The lowest BCUT2D eigenvalue weighted by Crippen LogP contribution is -2.31. The maximum absolute atomic E-state index is 12.2. The summed E-state index contributed by atoms with van der Waals surface area (Å²) in [5, 5.41) is 4.95. The van der Waals surface area contributed by atoms with Gasteiger partial charge in [0, 0.05) is 19.8 Å². The standard InChI is InChI=1S/C10H16N2O6S3/c1-12(6-7-19(2,13)14)21(17,18)10-5-3-4-9(8-10)20(11,15)16/h3-5,8H,6-7H2,1-2H3,(H2,11,15,16). The van der Waals surface area contributed by atoms with Crippen LogP contribution in [0.25, 0.3) is 0 Å². The van der Waals surface area contributed by atoms with Crippen molar-refractivity contribution in [2.45, 2.75) is 9.79 Å². The highest BCUT2D eigenvalue weighted by Gasteiger charge is 2.23. The third-order valence-corrected chi connectivity index (χ3v) is 6.31. The molecule has 1 aromatic carbocycles. The maximum Gasteiger partial charge on any atom is 0.242 e. The van der Waals surface area contributed by atoms with Gasteiger partial charge in [-0.25, -0.2) is 30.4 Å². The Morgan fingerprint density at radius 2 is 1.57 bits per heavy atom. The molecule has 0 unspecified atom stereocenters. The summed E-state index contributed by atoms with van der Waals surface area (Å²) in [5.74, 6) is -0.336. The van der Waals surface area contributed by atoms with Crippen LogP contribution in [0, 0.1) is 0 Å². The summed E-state index contributed by atoms with van der Waals surface area (Å²) in [6.45, 7) is -0.235. The molecule has 0 radical (unpaired) electrons. The van der Waals surface area contributed by atoms with Crippen molar-refractivity contribution in [2.24, 2.45) is 5.14 Å². The van der Waals surface area contributed by atoms with Crippen molar-refractivity contribution < 1.29 is 25.3 Å². The number of sulfone groups is 1. The molecule has 0 aliphatic carbocycles. The normalized spacial score (nSPS) is 13.5. The van der Waals surface area contributed by atoms with Crippen LogP contribution in [-0.2, 0) is 29.9 Å². The molecular weight excluding hydrogens is 340 g/mol. The van der Waals surface area contributed by atoms with Crippen LogP contribution in [0.5, 0.6) is 0 Å². The molecule has 0 heterocycles. The van der Waals surface area contributed by atoms with Gasteiger partial charge in [0.05, 0.1) is 15.5 Å². The number of nitrogens with zero attached hydrogens (tertiary/aromatic N) is 1. The van der Waals surface area contributed by atoms with Gasteiger partial charge in [0.15, 0.2) is 0 Å². The van der Waals surface area contributed by atoms with Gasteiger partial charge in [-0.2, -0.15) is 4.31 Å². The molecule has 8 nitrogen and oxygen atoms in total. The van der Waals surface area contributed by atoms with Crippen LogP contribution in [0.3, 0.4) is 0 Å². The zero-order valence-electron chi connectivity index (χ0n) is 11.4. The van der Waals surface area contributed by atoms with E-state index in [1.54, 1.807) is 0 Å². The minimum atomic E-state index is -4.03. The summed E-state index contributed by atoms with van der Waals surface area (Å²) in [6, 6.07) is 4.56. The first-order valence-electron chi connectivity index (χ1n) is 5.61. The smallest absolute Gasteiger partial charge is 0.229 e. The molecule has 0 amide bonds. The highest BCUT2D eigenvalue weighted by Crippen LogP contribution is 2.18. The van der Waals surface area contributed by atoms with Gasteiger partial charge in [0.25, 0.3) is 0 Å². The quantitative estimate of drug-likeness (QED) is 0.695. The molecule has 0 aliphatic rings. The highest BCUT2D eigenvalue weighted by molar-refractivity contribution is 7.91. The van der Waals surface area contributed by atoms with Crippen molar-refractivity contribution >= 4 is 29.9 Å². The van der Waals surface area contributed by atoms with E-state index in [4.69, 9.17) is 5.14 Å². The second-order valence-corrected chi connectivity index (χ2v) is 10.3. The summed E-state index contributed by atoms with van der Waals surface area (Å²) in [6.07, 6.45) is 0.995. The average molecular weight is 356 g/mol. The van der Waals surface area contributed by atoms with Crippen LogP contribution >= 0.6 is 0 Å². The molecule has 0 bridgehead atoms. The highest BCUT2D eigenvalue weighted by atomic mass is 32.2. The number of primary sulfonamides is 1.